The standard InChI is InChI=1S/C22H25ClF3N7O2/c1-12(28-21(34)35)6-7-33-18-17(11-27-19(32-18)29-15-4-2-3-5-15)31-20(33)30-16-9-13(22(24,25)26)8-14(23)10-16/h8-12,15,28H,2-7H2,1H3,(H,30,31)(H,34,35)(H,27,29,32). The molecule has 1 unspecified atom stereocenters. The van der Waals surface area contributed by atoms with Crippen molar-refractivity contribution in [3.63, 3.8) is 0 Å². The van der Waals surface area contributed by atoms with Crippen LogP contribution in [0.2, 0.25) is 5.02 Å². The Kier molecular flexibility index (Phi) is 7.20. The van der Waals surface area contributed by atoms with Crippen molar-refractivity contribution < 1.29 is 23.1 Å². The van der Waals surface area contributed by atoms with E-state index in [2.05, 4.69) is 30.9 Å². The van der Waals surface area contributed by atoms with Crippen LogP contribution in [0.3, 0.4) is 0 Å². The minimum absolute atomic E-state index is 0.0768. The Labute approximate surface area is 204 Å². The number of alkyl halides is 3. The highest BCUT2D eigenvalue weighted by atomic mass is 35.5. The number of carbonyl (C=O) groups is 1. The van der Waals surface area contributed by atoms with E-state index in [1.807, 2.05) is 0 Å². The fourth-order valence-corrected chi connectivity index (χ4v) is 4.34. The molecular weight excluding hydrogens is 487 g/mol. The van der Waals surface area contributed by atoms with E-state index in [0.717, 1.165) is 37.8 Å². The molecule has 0 aliphatic heterocycles. The van der Waals surface area contributed by atoms with Crippen molar-refractivity contribution in [2.24, 2.45) is 0 Å². The van der Waals surface area contributed by atoms with E-state index in [0.29, 0.717) is 30.1 Å². The second-order valence-corrected chi connectivity index (χ2v) is 9.04. The Balaban J connectivity index is 1.68. The minimum Gasteiger partial charge on any atom is -0.465 e. The zero-order chi connectivity index (χ0) is 25.2. The molecule has 4 rings (SSSR count). The van der Waals surface area contributed by atoms with E-state index < -0.39 is 17.8 Å². The summed E-state index contributed by atoms with van der Waals surface area (Å²) < 4.78 is 41.5. The second kappa shape index (κ2) is 10.1. The average Bonchev–Trinajstić information content (AvgIpc) is 3.38. The number of anilines is 3. The molecule has 1 aliphatic rings. The van der Waals surface area contributed by atoms with Gasteiger partial charge in [0.1, 0.15) is 5.52 Å². The molecule has 3 aromatic rings. The van der Waals surface area contributed by atoms with Crippen LogP contribution < -0.4 is 16.0 Å². The van der Waals surface area contributed by atoms with Crippen LogP contribution in [0, 0.1) is 0 Å². The SMILES string of the molecule is CC(CCn1c(Nc2cc(Cl)cc(C(F)(F)F)c2)nc2cnc(NC3CCCC3)nc21)NC(=O)O. The predicted octanol–water partition coefficient (Wildman–Crippen LogP) is 5.64. The third-order valence-electron chi connectivity index (χ3n) is 5.81. The smallest absolute Gasteiger partial charge is 0.416 e. The summed E-state index contributed by atoms with van der Waals surface area (Å²) in [5.74, 6) is 0.682. The number of imidazole rings is 1. The van der Waals surface area contributed by atoms with Crippen LogP contribution >= 0.6 is 11.6 Å². The van der Waals surface area contributed by atoms with Gasteiger partial charge in [-0.15, -0.1) is 0 Å². The number of nitrogens with one attached hydrogen (secondary N) is 3. The maximum Gasteiger partial charge on any atom is 0.416 e. The molecule has 1 amide bonds. The fraction of sp³-hybridized carbons (Fsp3) is 0.455. The molecule has 1 atom stereocenters. The summed E-state index contributed by atoms with van der Waals surface area (Å²) in [6.45, 7) is 2.02. The molecule has 35 heavy (non-hydrogen) atoms. The number of amides is 1. The summed E-state index contributed by atoms with van der Waals surface area (Å²) in [5.41, 5.74) is 0.137. The lowest BCUT2D eigenvalue weighted by molar-refractivity contribution is -0.137. The molecule has 9 nitrogen and oxygen atoms in total. The number of fused-ring (bicyclic) bond motifs is 1. The maximum atomic E-state index is 13.3. The molecule has 0 radical (unpaired) electrons. The number of carboxylic acid groups (broad SMARTS) is 1. The molecule has 1 aliphatic carbocycles. The van der Waals surface area contributed by atoms with Crippen LogP contribution in [0.25, 0.3) is 11.2 Å². The number of aromatic nitrogens is 4. The van der Waals surface area contributed by atoms with Crippen LogP contribution in [-0.2, 0) is 12.7 Å². The lowest BCUT2D eigenvalue weighted by Gasteiger charge is -2.16. The van der Waals surface area contributed by atoms with Gasteiger partial charge < -0.3 is 21.1 Å². The monoisotopic (exact) mass is 511 g/mol. The van der Waals surface area contributed by atoms with Gasteiger partial charge >= 0.3 is 12.3 Å². The summed E-state index contributed by atoms with van der Waals surface area (Å²) in [5, 5.41) is 17.5. The molecule has 0 saturated heterocycles. The van der Waals surface area contributed by atoms with Gasteiger partial charge in [0.2, 0.25) is 11.9 Å². The van der Waals surface area contributed by atoms with Crippen LogP contribution in [0.5, 0.6) is 0 Å². The van der Waals surface area contributed by atoms with Crippen molar-refractivity contribution in [3.05, 3.63) is 35.0 Å². The van der Waals surface area contributed by atoms with E-state index in [-0.39, 0.29) is 28.7 Å². The number of rotatable bonds is 8. The van der Waals surface area contributed by atoms with Crippen molar-refractivity contribution in [3.8, 4) is 0 Å². The van der Waals surface area contributed by atoms with E-state index in [4.69, 9.17) is 16.7 Å². The third kappa shape index (κ3) is 6.24. The average molecular weight is 512 g/mol. The molecule has 188 valence electrons. The lowest BCUT2D eigenvalue weighted by Crippen LogP contribution is -2.31. The Hall–Kier alpha value is -3.28. The first-order valence-electron chi connectivity index (χ1n) is 11.2. The first-order chi connectivity index (χ1) is 16.6. The summed E-state index contributed by atoms with van der Waals surface area (Å²) in [6, 6.07) is 3.07. The van der Waals surface area contributed by atoms with E-state index in [1.165, 1.54) is 6.07 Å². The number of benzene rings is 1. The Morgan fingerprint density at radius 1 is 1.26 bits per heavy atom. The van der Waals surface area contributed by atoms with Crippen molar-refractivity contribution in [1.29, 1.82) is 0 Å². The maximum absolute atomic E-state index is 13.3. The Bertz CT molecular complexity index is 1210. The summed E-state index contributed by atoms with van der Waals surface area (Å²) in [4.78, 5) is 24.4. The molecule has 1 aromatic carbocycles. The van der Waals surface area contributed by atoms with Crippen molar-refractivity contribution in [2.75, 3.05) is 10.6 Å². The number of nitrogens with zero attached hydrogens (tertiary/aromatic N) is 4. The zero-order valence-electron chi connectivity index (χ0n) is 18.9. The predicted molar refractivity (Wildman–Crippen MR) is 126 cm³/mol. The van der Waals surface area contributed by atoms with Crippen molar-refractivity contribution >= 4 is 46.4 Å². The fourth-order valence-electron chi connectivity index (χ4n) is 4.11. The quantitative estimate of drug-likeness (QED) is 0.309. The summed E-state index contributed by atoms with van der Waals surface area (Å²) in [6.07, 6.45) is 0.579. The van der Waals surface area contributed by atoms with Gasteiger partial charge in [0, 0.05) is 29.3 Å². The van der Waals surface area contributed by atoms with Crippen molar-refractivity contribution in [1.82, 2.24) is 24.8 Å². The number of aryl methyl sites for hydroxylation is 1. The number of hydrogen-bond donors (Lipinski definition) is 4. The summed E-state index contributed by atoms with van der Waals surface area (Å²) in [7, 11) is 0. The van der Waals surface area contributed by atoms with Crippen LogP contribution in [-0.4, -0.2) is 42.8 Å². The molecule has 0 bridgehead atoms. The number of hydrogen-bond acceptors (Lipinski definition) is 6. The second-order valence-electron chi connectivity index (χ2n) is 8.61. The molecule has 0 spiro atoms. The molecule has 1 saturated carbocycles. The van der Waals surface area contributed by atoms with Crippen LogP contribution in [0.1, 0.15) is 44.6 Å². The van der Waals surface area contributed by atoms with Gasteiger partial charge in [-0.1, -0.05) is 24.4 Å². The van der Waals surface area contributed by atoms with Gasteiger partial charge in [0.25, 0.3) is 0 Å². The van der Waals surface area contributed by atoms with Gasteiger partial charge in [0.15, 0.2) is 5.65 Å². The van der Waals surface area contributed by atoms with E-state index in [1.54, 1.807) is 17.7 Å². The molecule has 2 heterocycles. The van der Waals surface area contributed by atoms with Crippen molar-refractivity contribution in [2.45, 2.75) is 63.8 Å². The van der Waals surface area contributed by atoms with E-state index >= 15 is 0 Å². The highest BCUT2D eigenvalue weighted by Crippen LogP contribution is 2.34. The first-order valence-corrected chi connectivity index (χ1v) is 11.6. The van der Waals surface area contributed by atoms with Gasteiger partial charge in [0.05, 0.1) is 11.8 Å². The molecule has 13 heteroatoms. The van der Waals surface area contributed by atoms with Gasteiger partial charge in [-0.25, -0.2) is 14.8 Å². The normalized spacial score (nSPS) is 15.3. The minimum atomic E-state index is -4.56. The molecular formula is C22H25ClF3N7O2. The van der Waals surface area contributed by atoms with Gasteiger partial charge in [-0.2, -0.15) is 18.2 Å². The van der Waals surface area contributed by atoms with E-state index in [9.17, 15) is 18.0 Å². The van der Waals surface area contributed by atoms with Gasteiger partial charge in [-0.3, -0.25) is 4.57 Å². The Morgan fingerprint density at radius 3 is 2.69 bits per heavy atom. The first kappa shape index (κ1) is 24.8. The molecule has 4 N–H and O–H groups in total. The zero-order valence-corrected chi connectivity index (χ0v) is 19.6. The Morgan fingerprint density at radius 2 is 2.00 bits per heavy atom. The van der Waals surface area contributed by atoms with Crippen LogP contribution in [0.4, 0.5) is 35.5 Å². The highest BCUT2D eigenvalue weighted by molar-refractivity contribution is 6.31. The highest BCUT2D eigenvalue weighted by Gasteiger charge is 2.31. The largest absolute Gasteiger partial charge is 0.465 e. The van der Waals surface area contributed by atoms with Gasteiger partial charge in [-0.05, 0) is 44.4 Å². The summed E-state index contributed by atoms with van der Waals surface area (Å²) >= 11 is 5.93. The molecule has 1 fully saturated rings. The number of halogens is 4. The lowest BCUT2D eigenvalue weighted by atomic mass is 10.2. The van der Waals surface area contributed by atoms with Crippen LogP contribution in [0.15, 0.2) is 24.4 Å². The third-order valence-corrected chi connectivity index (χ3v) is 6.03. The molecule has 2 aromatic heterocycles. The topological polar surface area (TPSA) is 117 Å².